The molecule has 8 nitrogen and oxygen atoms in total. The van der Waals surface area contributed by atoms with E-state index >= 15 is 0 Å². The van der Waals surface area contributed by atoms with E-state index in [-0.39, 0.29) is 11.5 Å². The summed E-state index contributed by atoms with van der Waals surface area (Å²) in [4.78, 5) is 42.6. The Morgan fingerprint density at radius 2 is 1.89 bits per heavy atom. The highest BCUT2D eigenvalue weighted by Crippen LogP contribution is 2.32. The topological polar surface area (TPSA) is 115 Å². The van der Waals surface area contributed by atoms with E-state index < -0.39 is 43.3 Å². The van der Waals surface area contributed by atoms with E-state index in [1.54, 1.807) is 60.8 Å². The molecule has 4 rings (SSSR count). The van der Waals surface area contributed by atoms with Gasteiger partial charge in [0.15, 0.2) is 0 Å². The van der Waals surface area contributed by atoms with Crippen LogP contribution in [0.25, 0.3) is 22.0 Å². The number of nitriles is 1. The fourth-order valence-corrected chi connectivity index (χ4v) is 4.21. The summed E-state index contributed by atoms with van der Waals surface area (Å²) in [6.45, 7) is 2.32. The smallest absolute Gasteiger partial charge is 0.268 e. The van der Waals surface area contributed by atoms with Crippen LogP contribution < -0.4 is 10.6 Å². The normalized spacial score (nSPS) is 16.1. The number of likely N-dealkylation sites (tertiary alicyclic amines) is 1. The van der Waals surface area contributed by atoms with Crippen LogP contribution in [0, 0.1) is 11.3 Å². The summed E-state index contributed by atoms with van der Waals surface area (Å²) in [5, 5.41) is 14.9. The highest BCUT2D eigenvalue weighted by atomic mass is 19.3. The maximum absolute atomic E-state index is 13.7. The molecule has 0 bridgehead atoms. The maximum atomic E-state index is 13.7. The van der Waals surface area contributed by atoms with Gasteiger partial charge < -0.3 is 15.5 Å². The van der Waals surface area contributed by atoms with Crippen molar-refractivity contribution < 1.29 is 23.2 Å². The second kappa shape index (κ2) is 10.5. The molecule has 1 aliphatic heterocycles. The number of fused-ring (bicyclic) bond motifs is 1. The molecule has 0 aliphatic carbocycles. The van der Waals surface area contributed by atoms with E-state index in [0.717, 1.165) is 10.5 Å². The van der Waals surface area contributed by atoms with Gasteiger partial charge in [0.2, 0.25) is 11.8 Å². The number of halogens is 2. The molecule has 1 fully saturated rings. The highest BCUT2D eigenvalue weighted by Gasteiger charge is 2.47. The minimum Gasteiger partial charge on any atom is -0.348 e. The van der Waals surface area contributed by atoms with Crippen LogP contribution in [0.1, 0.15) is 22.3 Å². The molecular formula is C27H23F2N5O3. The molecule has 1 unspecified atom stereocenters. The summed E-state index contributed by atoms with van der Waals surface area (Å²) >= 11 is 0. The van der Waals surface area contributed by atoms with Crippen LogP contribution in [0.15, 0.2) is 67.4 Å². The highest BCUT2D eigenvalue weighted by molar-refractivity contribution is 6.12. The summed E-state index contributed by atoms with van der Waals surface area (Å²) in [5.74, 6) is -4.78. The molecule has 0 spiro atoms. The number of amides is 3. The first-order valence-corrected chi connectivity index (χ1v) is 11.4. The second-order valence-electron chi connectivity index (χ2n) is 8.59. The van der Waals surface area contributed by atoms with Crippen molar-refractivity contribution in [3.05, 3.63) is 78.5 Å². The zero-order valence-electron chi connectivity index (χ0n) is 19.7. The van der Waals surface area contributed by atoms with Crippen molar-refractivity contribution in [1.82, 2.24) is 20.5 Å². The van der Waals surface area contributed by atoms with Crippen molar-refractivity contribution in [3.8, 4) is 17.2 Å². The predicted molar refractivity (Wildman–Crippen MR) is 132 cm³/mol. The Morgan fingerprint density at radius 3 is 2.59 bits per heavy atom. The van der Waals surface area contributed by atoms with E-state index in [1.807, 2.05) is 0 Å². The molecule has 0 radical (unpaired) electrons. The van der Waals surface area contributed by atoms with Crippen LogP contribution >= 0.6 is 0 Å². The lowest BCUT2D eigenvalue weighted by Crippen LogP contribution is -2.43. The summed E-state index contributed by atoms with van der Waals surface area (Å²) in [7, 11) is 0. The second-order valence-corrected chi connectivity index (χ2v) is 8.59. The van der Waals surface area contributed by atoms with Gasteiger partial charge in [0.25, 0.3) is 11.8 Å². The summed E-state index contributed by atoms with van der Waals surface area (Å²) in [5.41, 5.74) is 2.86. The Balaban J connectivity index is 1.59. The van der Waals surface area contributed by atoms with Crippen LogP contribution in [0.4, 0.5) is 8.78 Å². The lowest BCUT2D eigenvalue weighted by Gasteiger charge is -2.20. The van der Waals surface area contributed by atoms with Gasteiger partial charge in [0, 0.05) is 30.1 Å². The zero-order chi connectivity index (χ0) is 26.6. The predicted octanol–water partition coefficient (Wildman–Crippen LogP) is 3.19. The van der Waals surface area contributed by atoms with Gasteiger partial charge in [-0.2, -0.15) is 5.26 Å². The number of nitrogens with zero attached hydrogens (tertiary/aromatic N) is 3. The first kappa shape index (κ1) is 25.4. The molecule has 2 aromatic carbocycles. The third kappa shape index (κ3) is 5.62. The van der Waals surface area contributed by atoms with Crippen molar-refractivity contribution in [3.63, 3.8) is 0 Å². The Hall–Kier alpha value is -4.65. The molecule has 37 heavy (non-hydrogen) atoms. The van der Waals surface area contributed by atoms with Gasteiger partial charge in [-0.25, -0.2) is 8.78 Å². The number of para-hydroxylation sites is 1. The first-order chi connectivity index (χ1) is 17.7. The van der Waals surface area contributed by atoms with Crippen molar-refractivity contribution in [2.45, 2.75) is 24.9 Å². The number of hydrogen-bond donors (Lipinski definition) is 2. The average Bonchev–Trinajstić information content (AvgIpc) is 3.24. The number of pyridine rings is 1. The van der Waals surface area contributed by atoms with Crippen molar-refractivity contribution in [2.75, 3.05) is 13.1 Å². The van der Waals surface area contributed by atoms with E-state index in [1.165, 1.54) is 6.08 Å². The van der Waals surface area contributed by atoms with Crippen molar-refractivity contribution in [1.29, 1.82) is 5.26 Å². The van der Waals surface area contributed by atoms with Crippen molar-refractivity contribution >= 4 is 28.6 Å². The quantitative estimate of drug-likeness (QED) is 0.481. The zero-order valence-corrected chi connectivity index (χ0v) is 19.7. The minimum absolute atomic E-state index is 0.273. The summed E-state index contributed by atoms with van der Waals surface area (Å²) in [6, 6.07) is 14.7. The van der Waals surface area contributed by atoms with Crippen molar-refractivity contribution in [2.24, 2.45) is 0 Å². The molecular weight excluding hydrogens is 480 g/mol. The van der Waals surface area contributed by atoms with Crippen LogP contribution in [-0.4, -0.2) is 52.7 Å². The SMILES string of the molecule is C=CC(=O)NCc1ccc(-c2cnc3ccccc3c2C(=O)NCC(=O)N2CC(F)(F)CC2C#N)cc1. The molecule has 3 aromatic rings. The van der Waals surface area contributed by atoms with Gasteiger partial charge in [0.1, 0.15) is 6.04 Å². The maximum Gasteiger partial charge on any atom is 0.268 e. The van der Waals surface area contributed by atoms with E-state index in [0.29, 0.717) is 28.6 Å². The van der Waals surface area contributed by atoms with Gasteiger partial charge in [0.05, 0.1) is 30.2 Å². The number of aromatic nitrogens is 1. The Kier molecular flexibility index (Phi) is 7.25. The van der Waals surface area contributed by atoms with Gasteiger partial charge >= 0.3 is 0 Å². The van der Waals surface area contributed by atoms with Gasteiger partial charge in [-0.05, 0) is 23.3 Å². The number of carbonyl (C=O) groups excluding carboxylic acids is 3. The van der Waals surface area contributed by atoms with Gasteiger partial charge in [-0.1, -0.05) is 49.0 Å². The number of hydrogen-bond acceptors (Lipinski definition) is 5. The molecule has 2 N–H and O–H groups in total. The fraction of sp³-hybridized carbons (Fsp3) is 0.222. The fourth-order valence-electron chi connectivity index (χ4n) is 4.21. The van der Waals surface area contributed by atoms with Crippen LogP contribution in [0.2, 0.25) is 0 Å². The lowest BCUT2D eigenvalue weighted by atomic mass is 9.96. The molecule has 0 saturated carbocycles. The number of alkyl halides is 2. The summed E-state index contributed by atoms with van der Waals surface area (Å²) < 4.78 is 27.5. The molecule has 10 heteroatoms. The molecule has 1 aliphatic rings. The number of nitrogens with one attached hydrogen (secondary N) is 2. The molecule has 1 saturated heterocycles. The Bertz CT molecular complexity index is 1420. The van der Waals surface area contributed by atoms with Crippen LogP contribution in [0.5, 0.6) is 0 Å². The van der Waals surface area contributed by atoms with Gasteiger partial charge in [-0.3, -0.25) is 19.4 Å². The number of carbonyl (C=O) groups is 3. The third-order valence-corrected chi connectivity index (χ3v) is 6.06. The molecule has 188 valence electrons. The van der Waals surface area contributed by atoms with Gasteiger partial charge in [-0.15, -0.1) is 0 Å². The largest absolute Gasteiger partial charge is 0.348 e. The lowest BCUT2D eigenvalue weighted by molar-refractivity contribution is -0.131. The number of rotatable bonds is 7. The molecule has 3 amide bonds. The average molecular weight is 504 g/mol. The Labute approximate surface area is 211 Å². The van der Waals surface area contributed by atoms with Crippen LogP contribution in [0.3, 0.4) is 0 Å². The molecule has 1 atom stereocenters. The number of benzene rings is 2. The molecule has 2 heterocycles. The van der Waals surface area contributed by atoms with E-state index in [9.17, 15) is 23.2 Å². The monoisotopic (exact) mass is 503 g/mol. The standard InChI is InChI=1S/C27H23F2N5O3/c1-2-23(35)32-13-17-7-9-18(10-8-17)21-14-31-22-6-4-3-5-20(22)25(21)26(37)33-15-24(36)34-16-27(28,29)11-19(34)12-30/h2-10,14,19H,1,11,13,15-16H2,(H,32,35)(H,33,37). The Morgan fingerprint density at radius 1 is 1.16 bits per heavy atom. The molecule has 1 aromatic heterocycles. The van der Waals surface area contributed by atoms with E-state index in [2.05, 4.69) is 22.2 Å². The third-order valence-electron chi connectivity index (χ3n) is 6.06. The minimum atomic E-state index is -3.14. The van der Waals surface area contributed by atoms with Crippen LogP contribution in [-0.2, 0) is 16.1 Å². The van der Waals surface area contributed by atoms with E-state index in [4.69, 9.17) is 5.26 Å². The summed E-state index contributed by atoms with van der Waals surface area (Å²) in [6.07, 6.45) is 2.01. The first-order valence-electron chi connectivity index (χ1n) is 11.4.